The molecule has 0 N–H and O–H groups in total. The molecule has 106 valence electrons. The molecule has 1 unspecified atom stereocenters. The summed E-state index contributed by atoms with van der Waals surface area (Å²) >= 11 is 0. The molecule has 3 nitrogen and oxygen atoms in total. The first kappa shape index (κ1) is 14.5. The molecule has 1 aliphatic heterocycles. The minimum absolute atomic E-state index is 0.163. The molecule has 0 aliphatic carbocycles. The second kappa shape index (κ2) is 4.91. The van der Waals surface area contributed by atoms with Gasteiger partial charge in [-0.3, -0.25) is 0 Å². The third-order valence-corrected chi connectivity index (χ3v) is 6.11. The molecule has 2 rings (SSSR count). The van der Waals surface area contributed by atoms with Crippen molar-refractivity contribution >= 4 is 10.0 Å². The monoisotopic (exact) mass is 281 g/mol. The van der Waals surface area contributed by atoms with E-state index in [1.54, 1.807) is 16.4 Å². The van der Waals surface area contributed by atoms with Crippen LogP contribution >= 0.6 is 0 Å². The standard InChI is InChI=1S/C15H23NO2S/c1-12-7-5-6-8-14(12)19(17,18)16-10-9-13(11-16)15(2,3)4/h5-8,13H,9-11H2,1-4H3. The van der Waals surface area contributed by atoms with Gasteiger partial charge in [0.2, 0.25) is 10.0 Å². The number of aryl methyl sites for hydroxylation is 1. The summed E-state index contributed by atoms with van der Waals surface area (Å²) in [5.41, 5.74) is 0.984. The predicted molar refractivity (Wildman–Crippen MR) is 77.5 cm³/mol. The molecule has 1 fully saturated rings. The van der Waals surface area contributed by atoms with Crippen molar-refractivity contribution in [1.29, 1.82) is 0 Å². The van der Waals surface area contributed by atoms with Gasteiger partial charge >= 0.3 is 0 Å². The first-order valence-electron chi connectivity index (χ1n) is 6.79. The molecule has 1 aromatic rings. The van der Waals surface area contributed by atoms with Gasteiger partial charge in [0.15, 0.2) is 0 Å². The summed E-state index contributed by atoms with van der Waals surface area (Å²) in [5, 5.41) is 0. The third kappa shape index (κ3) is 2.84. The van der Waals surface area contributed by atoms with Crippen molar-refractivity contribution in [3.05, 3.63) is 29.8 Å². The number of benzene rings is 1. The maximum Gasteiger partial charge on any atom is 0.243 e. The van der Waals surface area contributed by atoms with Crippen molar-refractivity contribution in [2.75, 3.05) is 13.1 Å². The van der Waals surface area contributed by atoms with Crippen molar-refractivity contribution in [3.63, 3.8) is 0 Å². The first-order chi connectivity index (χ1) is 8.73. The molecule has 0 aromatic heterocycles. The normalized spacial score (nSPS) is 21.8. The molecule has 0 saturated carbocycles. The maximum absolute atomic E-state index is 12.7. The van der Waals surface area contributed by atoms with Crippen LogP contribution in [0.15, 0.2) is 29.2 Å². The van der Waals surface area contributed by atoms with Gasteiger partial charge in [-0.2, -0.15) is 4.31 Å². The smallest absolute Gasteiger partial charge is 0.207 e. The van der Waals surface area contributed by atoms with Crippen LogP contribution in [-0.2, 0) is 10.0 Å². The lowest BCUT2D eigenvalue weighted by Crippen LogP contribution is -2.31. The Morgan fingerprint density at radius 3 is 2.37 bits per heavy atom. The van der Waals surface area contributed by atoms with Crippen LogP contribution in [-0.4, -0.2) is 25.8 Å². The molecular formula is C15H23NO2S. The highest BCUT2D eigenvalue weighted by atomic mass is 32.2. The average molecular weight is 281 g/mol. The van der Waals surface area contributed by atoms with E-state index >= 15 is 0 Å². The molecule has 0 radical (unpaired) electrons. The van der Waals surface area contributed by atoms with E-state index in [0.29, 0.717) is 23.9 Å². The summed E-state index contributed by atoms with van der Waals surface area (Å²) in [6.07, 6.45) is 0.953. The topological polar surface area (TPSA) is 37.4 Å². The van der Waals surface area contributed by atoms with Crippen LogP contribution in [0, 0.1) is 18.3 Å². The Morgan fingerprint density at radius 1 is 1.21 bits per heavy atom. The Kier molecular flexibility index (Phi) is 3.76. The van der Waals surface area contributed by atoms with Gasteiger partial charge < -0.3 is 0 Å². The second-order valence-electron chi connectivity index (χ2n) is 6.48. The van der Waals surface area contributed by atoms with Gasteiger partial charge in [0.1, 0.15) is 0 Å². The Balaban J connectivity index is 2.26. The first-order valence-corrected chi connectivity index (χ1v) is 8.23. The van der Waals surface area contributed by atoms with E-state index < -0.39 is 10.0 Å². The Bertz CT molecular complexity index is 558. The van der Waals surface area contributed by atoms with Gasteiger partial charge in [-0.1, -0.05) is 39.0 Å². The minimum Gasteiger partial charge on any atom is -0.207 e. The zero-order chi connectivity index (χ0) is 14.3. The predicted octanol–water partition coefficient (Wildman–Crippen LogP) is 3.05. The van der Waals surface area contributed by atoms with Gasteiger partial charge in [0.25, 0.3) is 0 Å². The molecule has 1 atom stereocenters. The number of hydrogen-bond acceptors (Lipinski definition) is 2. The van der Waals surface area contributed by atoms with Crippen LogP contribution in [0.2, 0.25) is 0 Å². The van der Waals surface area contributed by atoms with Crippen molar-refractivity contribution in [2.45, 2.75) is 39.0 Å². The zero-order valence-corrected chi connectivity index (χ0v) is 13.0. The summed E-state index contributed by atoms with van der Waals surface area (Å²) in [5.74, 6) is 0.436. The SMILES string of the molecule is Cc1ccccc1S(=O)(=O)N1CCC(C(C)(C)C)C1. The van der Waals surface area contributed by atoms with Crippen LogP contribution in [0.5, 0.6) is 0 Å². The van der Waals surface area contributed by atoms with Crippen LogP contribution in [0.1, 0.15) is 32.8 Å². The van der Waals surface area contributed by atoms with E-state index in [2.05, 4.69) is 20.8 Å². The molecular weight excluding hydrogens is 258 g/mol. The lowest BCUT2D eigenvalue weighted by Gasteiger charge is -2.27. The molecule has 0 bridgehead atoms. The van der Waals surface area contributed by atoms with Crippen molar-refractivity contribution in [2.24, 2.45) is 11.3 Å². The lowest BCUT2D eigenvalue weighted by molar-refractivity contribution is 0.252. The maximum atomic E-state index is 12.7. The van der Waals surface area contributed by atoms with E-state index in [-0.39, 0.29) is 5.41 Å². The molecule has 0 amide bonds. The summed E-state index contributed by atoms with van der Waals surface area (Å²) in [4.78, 5) is 0.449. The molecule has 4 heteroatoms. The fourth-order valence-electron chi connectivity index (χ4n) is 2.64. The highest BCUT2D eigenvalue weighted by Gasteiger charge is 2.37. The summed E-state index contributed by atoms with van der Waals surface area (Å²) in [6, 6.07) is 7.22. The fraction of sp³-hybridized carbons (Fsp3) is 0.600. The van der Waals surface area contributed by atoms with Gasteiger partial charge in [-0.25, -0.2) is 8.42 Å². The van der Waals surface area contributed by atoms with Gasteiger partial charge in [-0.05, 0) is 36.3 Å². The number of hydrogen-bond donors (Lipinski definition) is 0. The zero-order valence-electron chi connectivity index (χ0n) is 12.2. The number of rotatable bonds is 2. The van der Waals surface area contributed by atoms with Crippen molar-refractivity contribution in [3.8, 4) is 0 Å². The third-order valence-electron chi connectivity index (χ3n) is 4.09. The van der Waals surface area contributed by atoms with Crippen LogP contribution in [0.4, 0.5) is 0 Å². The Hall–Kier alpha value is -0.870. The van der Waals surface area contributed by atoms with E-state index in [0.717, 1.165) is 12.0 Å². The molecule has 1 heterocycles. The van der Waals surface area contributed by atoms with E-state index in [9.17, 15) is 8.42 Å². The van der Waals surface area contributed by atoms with E-state index in [4.69, 9.17) is 0 Å². The van der Waals surface area contributed by atoms with Gasteiger partial charge in [0, 0.05) is 13.1 Å². The number of nitrogens with zero attached hydrogens (tertiary/aromatic N) is 1. The van der Waals surface area contributed by atoms with Crippen LogP contribution in [0.25, 0.3) is 0 Å². The van der Waals surface area contributed by atoms with Crippen molar-refractivity contribution < 1.29 is 8.42 Å². The van der Waals surface area contributed by atoms with Crippen LogP contribution < -0.4 is 0 Å². The molecule has 1 aliphatic rings. The Morgan fingerprint density at radius 2 is 1.84 bits per heavy atom. The van der Waals surface area contributed by atoms with E-state index in [1.165, 1.54) is 0 Å². The largest absolute Gasteiger partial charge is 0.243 e. The second-order valence-corrected chi connectivity index (χ2v) is 8.39. The average Bonchev–Trinajstić information content (AvgIpc) is 2.78. The molecule has 19 heavy (non-hydrogen) atoms. The lowest BCUT2D eigenvalue weighted by atomic mass is 9.80. The highest BCUT2D eigenvalue weighted by Crippen LogP contribution is 2.36. The summed E-state index contributed by atoms with van der Waals surface area (Å²) < 4.78 is 27.0. The minimum atomic E-state index is -3.33. The van der Waals surface area contributed by atoms with Gasteiger partial charge in [0.05, 0.1) is 4.90 Å². The molecule has 1 aromatic carbocycles. The molecule has 0 spiro atoms. The van der Waals surface area contributed by atoms with Gasteiger partial charge in [-0.15, -0.1) is 0 Å². The number of sulfonamides is 1. The fourth-order valence-corrected chi connectivity index (χ4v) is 4.36. The Labute approximate surface area is 116 Å². The summed E-state index contributed by atoms with van der Waals surface area (Å²) in [7, 11) is -3.33. The molecule has 1 saturated heterocycles. The van der Waals surface area contributed by atoms with E-state index in [1.807, 2.05) is 19.1 Å². The van der Waals surface area contributed by atoms with Crippen LogP contribution in [0.3, 0.4) is 0 Å². The summed E-state index contributed by atoms with van der Waals surface area (Å²) in [6.45, 7) is 9.67. The van der Waals surface area contributed by atoms with Crippen molar-refractivity contribution in [1.82, 2.24) is 4.31 Å². The quantitative estimate of drug-likeness (QED) is 0.835. The highest BCUT2D eigenvalue weighted by molar-refractivity contribution is 7.89.